The third kappa shape index (κ3) is 1.89. The van der Waals surface area contributed by atoms with Crippen molar-refractivity contribution in [2.75, 3.05) is 13.2 Å². The molecule has 3 nitrogen and oxygen atoms in total. The van der Waals surface area contributed by atoms with Crippen LogP contribution in [0.3, 0.4) is 0 Å². The summed E-state index contributed by atoms with van der Waals surface area (Å²) in [7, 11) is 0. The molecule has 4 bridgehead atoms. The predicted molar refractivity (Wildman–Crippen MR) is 62.0 cm³/mol. The number of nitrogens with one attached hydrogen (secondary N) is 1. The molecule has 0 amide bonds. The van der Waals surface area contributed by atoms with Crippen LogP contribution < -0.4 is 5.32 Å². The second-order valence-electron chi connectivity index (χ2n) is 6.42. The first-order chi connectivity index (χ1) is 7.69. The van der Waals surface area contributed by atoms with Gasteiger partial charge in [-0.2, -0.15) is 0 Å². The van der Waals surface area contributed by atoms with Crippen molar-refractivity contribution in [1.29, 1.82) is 0 Å². The molecule has 1 atom stereocenters. The van der Waals surface area contributed by atoms with E-state index in [2.05, 4.69) is 5.32 Å². The highest BCUT2D eigenvalue weighted by Crippen LogP contribution is 2.55. The zero-order chi connectivity index (χ0) is 11.2. The average molecular weight is 225 g/mol. The molecule has 4 rings (SSSR count). The molecule has 92 valence electrons. The van der Waals surface area contributed by atoms with Crippen LogP contribution in [0.1, 0.15) is 38.5 Å². The zero-order valence-corrected chi connectivity index (χ0v) is 9.86. The van der Waals surface area contributed by atoms with Crippen LogP contribution >= 0.6 is 0 Å². The van der Waals surface area contributed by atoms with E-state index < -0.39 is 6.10 Å². The molecular formula is C13H23NO2. The number of hydrogen-bond acceptors (Lipinski definition) is 3. The summed E-state index contributed by atoms with van der Waals surface area (Å²) >= 11 is 0. The number of hydrogen-bond donors (Lipinski definition) is 3. The predicted octanol–water partition coefficient (Wildman–Crippen LogP) is 0.898. The summed E-state index contributed by atoms with van der Waals surface area (Å²) in [5.41, 5.74) is 0.310. The Morgan fingerprint density at radius 3 is 2.00 bits per heavy atom. The quantitative estimate of drug-likeness (QED) is 0.666. The monoisotopic (exact) mass is 225 g/mol. The van der Waals surface area contributed by atoms with Crippen LogP contribution in [0.5, 0.6) is 0 Å². The zero-order valence-electron chi connectivity index (χ0n) is 9.86. The van der Waals surface area contributed by atoms with Crippen LogP contribution in [-0.4, -0.2) is 35.0 Å². The van der Waals surface area contributed by atoms with Gasteiger partial charge in [-0.3, -0.25) is 0 Å². The highest BCUT2D eigenvalue weighted by Gasteiger charge is 2.50. The lowest BCUT2D eigenvalue weighted by molar-refractivity contribution is -0.0272. The molecule has 0 aromatic carbocycles. The molecule has 3 N–H and O–H groups in total. The van der Waals surface area contributed by atoms with Gasteiger partial charge in [0.2, 0.25) is 0 Å². The molecule has 0 heterocycles. The third-order valence-electron chi connectivity index (χ3n) is 4.96. The molecule has 0 unspecified atom stereocenters. The van der Waals surface area contributed by atoms with Crippen molar-refractivity contribution in [2.45, 2.75) is 50.2 Å². The Morgan fingerprint density at radius 2 is 1.56 bits per heavy atom. The van der Waals surface area contributed by atoms with Crippen molar-refractivity contribution in [3.05, 3.63) is 0 Å². The smallest absolute Gasteiger partial charge is 0.0895 e. The molecular weight excluding hydrogens is 202 g/mol. The van der Waals surface area contributed by atoms with Gasteiger partial charge in [0, 0.05) is 12.1 Å². The Kier molecular flexibility index (Phi) is 2.73. The minimum absolute atomic E-state index is 0.126. The highest BCUT2D eigenvalue weighted by atomic mass is 16.3. The van der Waals surface area contributed by atoms with Gasteiger partial charge in [0.1, 0.15) is 0 Å². The lowest BCUT2D eigenvalue weighted by Crippen LogP contribution is -2.59. The highest BCUT2D eigenvalue weighted by molar-refractivity contribution is 5.06. The fourth-order valence-electron chi connectivity index (χ4n) is 4.73. The first-order valence-corrected chi connectivity index (χ1v) is 6.73. The molecule has 4 aliphatic carbocycles. The Bertz CT molecular complexity index is 231. The topological polar surface area (TPSA) is 52.5 Å². The van der Waals surface area contributed by atoms with Gasteiger partial charge in [-0.25, -0.2) is 0 Å². The largest absolute Gasteiger partial charge is 0.394 e. The fraction of sp³-hybridized carbons (Fsp3) is 1.00. The van der Waals surface area contributed by atoms with Gasteiger partial charge in [-0.15, -0.1) is 0 Å². The van der Waals surface area contributed by atoms with Crippen molar-refractivity contribution < 1.29 is 10.2 Å². The van der Waals surface area contributed by atoms with E-state index in [1.807, 2.05) is 0 Å². The van der Waals surface area contributed by atoms with Crippen molar-refractivity contribution in [3.63, 3.8) is 0 Å². The molecule has 0 radical (unpaired) electrons. The standard InChI is InChI=1S/C13H23NO2/c15-8-12(16)7-14-13-4-9-1-10(5-13)3-11(2-9)6-13/h9-12,14-16H,1-8H2/t9?,10?,11?,12-,13?/m0/s1. The van der Waals surface area contributed by atoms with Crippen molar-refractivity contribution in [3.8, 4) is 0 Å². The van der Waals surface area contributed by atoms with Crippen LogP contribution in [-0.2, 0) is 0 Å². The van der Waals surface area contributed by atoms with Crippen LogP contribution in [0.2, 0.25) is 0 Å². The normalized spacial score (nSPS) is 47.2. The Hall–Kier alpha value is -0.120. The Labute approximate surface area is 97.2 Å². The molecule has 16 heavy (non-hydrogen) atoms. The summed E-state index contributed by atoms with van der Waals surface area (Å²) in [6.45, 7) is 0.433. The summed E-state index contributed by atoms with van der Waals surface area (Å²) in [4.78, 5) is 0. The first-order valence-electron chi connectivity index (χ1n) is 6.73. The fourth-order valence-corrected chi connectivity index (χ4v) is 4.73. The number of β-amino-alcohol motifs (C(OH)–C–C–N with tert-alkyl or cyclic N) is 1. The summed E-state index contributed by atoms with van der Waals surface area (Å²) in [6.07, 6.45) is 7.66. The molecule has 0 aromatic rings. The minimum Gasteiger partial charge on any atom is -0.394 e. The average Bonchev–Trinajstić information content (AvgIpc) is 2.24. The maximum absolute atomic E-state index is 9.45. The van der Waals surface area contributed by atoms with Crippen molar-refractivity contribution >= 4 is 0 Å². The van der Waals surface area contributed by atoms with Gasteiger partial charge in [-0.1, -0.05) is 0 Å². The van der Waals surface area contributed by atoms with Crippen LogP contribution in [0.25, 0.3) is 0 Å². The molecule has 4 aliphatic rings. The molecule has 0 spiro atoms. The van der Waals surface area contributed by atoms with Gasteiger partial charge >= 0.3 is 0 Å². The summed E-state index contributed by atoms with van der Waals surface area (Å²) in [5.74, 6) is 2.81. The minimum atomic E-state index is -0.590. The van der Waals surface area contributed by atoms with Crippen LogP contribution in [0, 0.1) is 17.8 Å². The SMILES string of the molecule is OC[C@@H](O)CNC12CC3CC(CC(C3)C1)C2. The molecule has 4 fully saturated rings. The maximum atomic E-state index is 9.45. The summed E-state index contributed by atoms with van der Waals surface area (Å²) < 4.78 is 0. The van der Waals surface area contributed by atoms with E-state index in [1.54, 1.807) is 0 Å². The second kappa shape index (κ2) is 3.97. The molecule has 0 aliphatic heterocycles. The van der Waals surface area contributed by atoms with Gasteiger partial charge in [0.15, 0.2) is 0 Å². The number of rotatable bonds is 4. The molecule has 3 heteroatoms. The van der Waals surface area contributed by atoms with E-state index in [1.165, 1.54) is 38.5 Å². The molecule has 4 saturated carbocycles. The lowest BCUT2D eigenvalue weighted by atomic mass is 9.53. The number of aliphatic hydroxyl groups excluding tert-OH is 2. The lowest BCUT2D eigenvalue weighted by Gasteiger charge is -2.57. The second-order valence-corrected chi connectivity index (χ2v) is 6.42. The van der Waals surface area contributed by atoms with E-state index >= 15 is 0 Å². The maximum Gasteiger partial charge on any atom is 0.0895 e. The van der Waals surface area contributed by atoms with E-state index in [4.69, 9.17) is 5.11 Å². The van der Waals surface area contributed by atoms with Crippen molar-refractivity contribution in [1.82, 2.24) is 5.32 Å². The van der Waals surface area contributed by atoms with Crippen LogP contribution in [0.4, 0.5) is 0 Å². The summed E-state index contributed by atoms with van der Waals surface area (Å²) in [5, 5.41) is 21.9. The Morgan fingerprint density at radius 1 is 1.06 bits per heavy atom. The van der Waals surface area contributed by atoms with Gasteiger partial charge in [0.05, 0.1) is 12.7 Å². The molecule has 0 saturated heterocycles. The Balaban J connectivity index is 1.64. The van der Waals surface area contributed by atoms with Gasteiger partial charge in [0.25, 0.3) is 0 Å². The van der Waals surface area contributed by atoms with Gasteiger partial charge < -0.3 is 15.5 Å². The summed E-state index contributed by atoms with van der Waals surface area (Å²) in [6, 6.07) is 0. The van der Waals surface area contributed by atoms with Crippen LogP contribution in [0.15, 0.2) is 0 Å². The van der Waals surface area contributed by atoms with Crippen molar-refractivity contribution in [2.24, 2.45) is 17.8 Å². The number of aliphatic hydroxyl groups is 2. The molecule has 0 aromatic heterocycles. The van der Waals surface area contributed by atoms with E-state index in [0.29, 0.717) is 12.1 Å². The van der Waals surface area contributed by atoms with Gasteiger partial charge in [-0.05, 0) is 56.3 Å². The van der Waals surface area contributed by atoms with E-state index in [0.717, 1.165) is 17.8 Å². The van der Waals surface area contributed by atoms with E-state index in [-0.39, 0.29) is 6.61 Å². The third-order valence-corrected chi connectivity index (χ3v) is 4.96. The van der Waals surface area contributed by atoms with E-state index in [9.17, 15) is 5.11 Å². The first kappa shape index (κ1) is 11.0.